The number of methoxy groups -OCH3 is 1. The van der Waals surface area contributed by atoms with Crippen LogP contribution in [-0.2, 0) is 10.5 Å². The summed E-state index contributed by atoms with van der Waals surface area (Å²) < 4.78 is 6.40. The van der Waals surface area contributed by atoms with Gasteiger partial charge >= 0.3 is 0 Å². The molecular formula is C18H20BrNO2S. The van der Waals surface area contributed by atoms with Crippen LogP contribution in [0.2, 0.25) is 0 Å². The second-order valence-electron chi connectivity index (χ2n) is 5.15. The standard InChI is InChI=1S/C18H20BrNO2S/c1-13(16-5-3-4-6-17(16)22-2)20-18(21)12-23-11-14-7-9-15(19)10-8-14/h3-10,13H,11-12H2,1-2H3,(H,20,21)/t13-/m1/s1. The first-order valence-electron chi connectivity index (χ1n) is 7.34. The van der Waals surface area contributed by atoms with Gasteiger partial charge in [0, 0.05) is 15.8 Å². The zero-order valence-corrected chi connectivity index (χ0v) is 15.6. The summed E-state index contributed by atoms with van der Waals surface area (Å²) in [4.78, 5) is 12.1. The molecule has 3 nitrogen and oxygen atoms in total. The molecule has 1 amide bonds. The van der Waals surface area contributed by atoms with Gasteiger partial charge in [-0.2, -0.15) is 0 Å². The molecule has 0 aliphatic rings. The van der Waals surface area contributed by atoms with E-state index in [1.807, 2.05) is 43.3 Å². The molecule has 2 aromatic rings. The summed E-state index contributed by atoms with van der Waals surface area (Å²) in [6, 6.07) is 15.8. The van der Waals surface area contributed by atoms with Gasteiger partial charge in [-0.05, 0) is 30.7 Å². The lowest BCUT2D eigenvalue weighted by atomic mass is 10.1. The van der Waals surface area contributed by atoms with E-state index in [2.05, 4.69) is 33.4 Å². The van der Waals surface area contributed by atoms with Crippen LogP contribution in [-0.4, -0.2) is 18.8 Å². The average molecular weight is 394 g/mol. The highest BCUT2D eigenvalue weighted by Crippen LogP contribution is 2.24. The number of thioether (sulfide) groups is 1. The van der Waals surface area contributed by atoms with E-state index in [0.29, 0.717) is 5.75 Å². The number of amides is 1. The van der Waals surface area contributed by atoms with Crippen LogP contribution in [0.25, 0.3) is 0 Å². The number of carbonyl (C=O) groups excluding carboxylic acids is 1. The van der Waals surface area contributed by atoms with Crippen molar-refractivity contribution in [3.05, 3.63) is 64.1 Å². The maximum Gasteiger partial charge on any atom is 0.230 e. The molecular weight excluding hydrogens is 374 g/mol. The Bertz CT molecular complexity index is 646. The maximum absolute atomic E-state index is 12.1. The predicted molar refractivity (Wildman–Crippen MR) is 99.9 cm³/mol. The summed E-state index contributed by atoms with van der Waals surface area (Å²) in [6.45, 7) is 1.97. The van der Waals surface area contributed by atoms with E-state index < -0.39 is 0 Å². The minimum Gasteiger partial charge on any atom is -0.496 e. The number of benzene rings is 2. The fourth-order valence-corrected chi connectivity index (χ4v) is 3.29. The lowest BCUT2D eigenvalue weighted by molar-refractivity contribution is -0.119. The van der Waals surface area contributed by atoms with Gasteiger partial charge in [0.2, 0.25) is 5.91 Å². The third kappa shape index (κ3) is 5.59. The number of hydrogen-bond acceptors (Lipinski definition) is 3. The Hall–Kier alpha value is -1.46. The SMILES string of the molecule is COc1ccccc1[C@@H](C)NC(=O)CSCc1ccc(Br)cc1. The van der Waals surface area contributed by atoms with Gasteiger partial charge in [0.1, 0.15) is 5.75 Å². The molecule has 122 valence electrons. The summed E-state index contributed by atoms with van der Waals surface area (Å²) in [5.41, 5.74) is 2.20. The van der Waals surface area contributed by atoms with Crippen LogP contribution in [0.15, 0.2) is 53.0 Å². The molecule has 2 aromatic carbocycles. The molecule has 0 aliphatic heterocycles. The monoisotopic (exact) mass is 393 g/mol. The first kappa shape index (κ1) is 17.9. The van der Waals surface area contributed by atoms with Crippen LogP contribution in [0.1, 0.15) is 24.1 Å². The van der Waals surface area contributed by atoms with Crippen LogP contribution in [0.3, 0.4) is 0 Å². The van der Waals surface area contributed by atoms with Gasteiger partial charge in [-0.25, -0.2) is 0 Å². The molecule has 0 bridgehead atoms. The van der Waals surface area contributed by atoms with Crippen molar-refractivity contribution in [3.63, 3.8) is 0 Å². The minimum absolute atomic E-state index is 0.0329. The quantitative estimate of drug-likeness (QED) is 0.748. The Morgan fingerprint density at radius 1 is 1.22 bits per heavy atom. The third-order valence-corrected chi connectivity index (χ3v) is 4.93. The number of hydrogen-bond donors (Lipinski definition) is 1. The fraction of sp³-hybridized carbons (Fsp3) is 0.278. The molecule has 0 heterocycles. The summed E-state index contributed by atoms with van der Waals surface area (Å²) >= 11 is 5.03. The van der Waals surface area contributed by atoms with Crippen molar-refractivity contribution >= 4 is 33.6 Å². The molecule has 0 unspecified atom stereocenters. The van der Waals surface area contributed by atoms with E-state index in [9.17, 15) is 4.79 Å². The second kappa shape index (κ2) is 8.99. The van der Waals surface area contributed by atoms with Gasteiger partial charge in [-0.3, -0.25) is 4.79 Å². The molecule has 0 radical (unpaired) electrons. The summed E-state index contributed by atoms with van der Waals surface area (Å²) in [5, 5.41) is 3.02. The first-order chi connectivity index (χ1) is 11.1. The molecule has 5 heteroatoms. The number of para-hydroxylation sites is 1. The van der Waals surface area contributed by atoms with Crippen molar-refractivity contribution < 1.29 is 9.53 Å². The van der Waals surface area contributed by atoms with E-state index in [-0.39, 0.29) is 11.9 Å². The molecule has 1 atom stereocenters. The molecule has 2 rings (SSSR count). The maximum atomic E-state index is 12.1. The molecule has 1 N–H and O–H groups in total. The second-order valence-corrected chi connectivity index (χ2v) is 7.05. The molecule has 0 aliphatic carbocycles. The van der Waals surface area contributed by atoms with E-state index in [1.54, 1.807) is 18.9 Å². The normalized spacial score (nSPS) is 11.8. The Labute approximate surface area is 149 Å². The summed E-state index contributed by atoms with van der Waals surface area (Å²) in [5.74, 6) is 2.09. The number of nitrogens with one attached hydrogen (secondary N) is 1. The molecule has 0 saturated carbocycles. The van der Waals surface area contributed by atoms with Gasteiger partial charge in [0.05, 0.1) is 18.9 Å². The number of rotatable bonds is 7. The van der Waals surface area contributed by atoms with Crippen LogP contribution in [0.5, 0.6) is 5.75 Å². The highest BCUT2D eigenvalue weighted by atomic mass is 79.9. The molecule has 23 heavy (non-hydrogen) atoms. The molecule has 0 aromatic heterocycles. The topological polar surface area (TPSA) is 38.3 Å². The molecule has 0 saturated heterocycles. The zero-order valence-electron chi connectivity index (χ0n) is 13.2. The van der Waals surface area contributed by atoms with E-state index in [4.69, 9.17) is 4.74 Å². The highest BCUT2D eigenvalue weighted by Gasteiger charge is 2.13. The Morgan fingerprint density at radius 2 is 1.91 bits per heavy atom. The van der Waals surface area contributed by atoms with Gasteiger partial charge in [-0.1, -0.05) is 46.3 Å². The average Bonchev–Trinajstić information content (AvgIpc) is 2.56. The van der Waals surface area contributed by atoms with Crippen LogP contribution in [0, 0.1) is 0 Å². The van der Waals surface area contributed by atoms with E-state index in [0.717, 1.165) is 21.5 Å². The zero-order chi connectivity index (χ0) is 16.7. The minimum atomic E-state index is -0.0769. The van der Waals surface area contributed by atoms with Gasteiger partial charge in [-0.15, -0.1) is 11.8 Å². The van der Waals surface area contributed by atoms with Crippen molar-refractivity contribution in [2.75, 3.05) is 12.9 Å². The first-order valence-corrected chi connectivity index (χ1v) is 9.29. The number of halogens is 1. The summed E-state index contributed by atoms with van der Waals surface area (Å²) in [7, 11) is 1.64. The smallest absolute Gasteiger partial charge is 0.230 e. The highest BCUT2D eigenvalue weighted by molar-refractivity contribution is 9.10. The molecule has 0 fully saturated rings. The van der Waals surface area contributed by atoms with Crippen LogP contribution >= 0.6 is 27.7 Å². The van der Waals surface area contributed by atoms with Crippen molar-refractivity contribution in [1.82, 2.24) is 5.32 Å². The van der Waals surface area contributed by atoms with Crippen LogP contribution in [0.4, 0.5) is 0 Å². The van der Waals surface area contributed by atoms with E-state index in [1.165, 1.54) is 5.56 Å². The van der Waals surface area contributed by atoms with Crippen molar-refractivity contribution in [1.29, 1.82) is 0 Å². The van der Waals surface area contributed by atoms with Gasteiger partial charge < -0.3 is 10.1 Å². The Morgan fingerprint density at radius 3 is 2.61 bits per heavy atom. The number of ether oxygens (including phenoxy) is 1. The summed E-state index contributed by atoms with van der Waals surface area (Å²) in [6.07, 6.45) is 0. The Balaban J connectivity index is 1.81. The van der Waals surface area contributed by atoms with Gasteiger partial charge in [0.25, 0.3) is 0 Å². The van der Waals surface area contributed by atoms with Crippen molar-refractivity contribution in [2.24, 2.45) is 0 Å². The third-order valence-electron chi connectivity index (χ3n) is 3.40. The van der Waals surface area contributed by atoms with E-state index >= 15 is 0 Å². The lowest BCUT2D eigenvalue weighted by Gasteiger charge is -2.17. The van der Waals surface area contributed by atoms with Crippen molar-refractivity contribution in [2.45, 2.75) is 18.7 Å². The molecule has 0 spiro atoms. The lowest BCUT2D eigenvalue weighted by Crippen LogP contribution is -2.28. The number of carbonyl (C=O) groups is 1. The fourth-order valence-electron chi connectivity index (χ4n) is 2.23. The largest absolute Gasteiger partial charge is 0.496 e. The Kier molecular flexibility index (Phi) is 6.99. The van der Waals surface area contributed by atoms with Crippen molar-refractivity contribution in [3.8, 4) is 5.75 Å². The van der Waals surface area contributed by atoms with Gasteiger partial charge in [0.15, 0.2) is 0 Å². The van der Waals surface area contributed by atoms with Crippen LogP contribution < -0.4 is 10.1 Å². The predicted octanol–water partition coefficient (Wildman–Crippen LogP) is 4.57.